The number of thiazole rings is 1. The van der Waals surface area contributed by atoms with Gasteiger partial charge in [0.2, 0.25) is 0 Å². The van der Waals surface area contributed by atoms with E-state index in [9.17, 15) is 13.6 Å². The third-order valence-corrected chi connectivity index (χ3v) is 6.34. The molecule has 3 heterocycles. The Morgan fingerprint density at radius 1 is 1.18 bits per heavy atom. The molecular weight excluding hydrogens is 447 g/mol. The first kappa shape index (κ1) is 19.2. The third-order valence-electron chi connectivity index (χ3n) is 3.83. The van der Waals surface area contributed by atoms with Gasteiger partial charge in [-0.1, -0.05) is 40.6 Å². The second kappa shape index (κ2) is 7.71. The Balaban J connectivity index is 1.82. The first-order valence-electron chi connectivity index (χ1n) is 7.83. The zero-order chi connectivity index (χ0) is 19.8. The summed E-state index contributed by atoms with van der Waals surface area (Å²) >= 11 is 14.2. The average molecular weight is 456 g/mol. The molecule has 1 aromatic carbocycles. The van der Waals surface area contributed by atoms with Crippen molar-refractivity contribution in [2.45, 2.75) is 6.54 Å². The Hall–Kier alpha value is -2.13. The summed E-state index contributed by atoms with van der Waals surface area (Å²) in [6.07, 6.45) is 3.22. The predicted molar refractivity (Wildman–Crippen MR) is 109 cm³/mol. The van der Waals surface area contributed by atoms with Gasteiger partial charge in [-0.3, -0.25) is 14.7 Å². The van der Waals surface area contributed by atoms with Gasteiger partial charge in [-0.2, -0.15) is 0 Å². The Kier molecular flexibility index (Phi) is 5.29. The minimum absolute atomic E-state index is 0.000153. The summed E-state index contributed by atoms with van der Waals surface area (Å²) in [4.78, 5) is 22.8. The van der Waals surface area contributed by atoms with Crippen LogP contribution >= 0.6 is 45.9 Å². The smallest absolute Gasteiger partial charge is 0.262 e. The molecule has 10 heteroatoms. The fraction of sp³-hybridized carbons (Fsp3) is 0.0556. The fourth-order valence-corrected chi connectivity index (χ4v) is 5.04. The van der Waals surface area contributed by atoms with Crippen molar-refractivity contribution >= 4 is 67.1 Å². The first-order chi connectivity index (χ1) is 13.4. The van der Waals surface area contributed by atoms with E-state index < -0.39 is 17.5 Å². The molecule has 28 heavy (non-hydrogen) atoms. The van der Waals surface area contributed by atoms with E-state index in [2.05, 4.69) is 9.97 Å². The van der Waals surface area contributed by atoms with Crippen LogP contribution in [0.2, 0.25) is 8.67 Å². The van der Waals surface area contributed by atoms with Gasteiger partial charge >= 0.3 is 0 Å². The lowest BCUT2D eigenvalue weighted by molar-refractivity contribution is 0.0985. The van der Waals surface area contributed by atoms with Gasteiger partial charge in [0.05, 0.1) is 21.1 Å². The zero-order valence-electron chi connectivity index (χ0n) is 13.8. The molecule has 0 radical (unpaired) electrons. The molecule has 3 aromatic heterocycles. The number of pyridine rings is 1. The first-order valence-corrected chi connectivity index (χ1v) is 10.2. The Morgan fingerprint density at radius 3 is 2.68 bits per heavy atom. The van der Waals surface area contributed by atoms with E-state index in [4.69, 9.17) is 23.2 Å². The number of rotatable bonds is 4. The highest BCUT2D eigenvalue weighted by atomic mass is 35.5. The molecule has 4 nitrogen and oxygen atoms in total. The van der Waals surface area contributed by atoms with Crippen molar-refractivity contribution in [1.29, 1.82) is 0 Å². The number of hydrogen-bond acceptors (Lipinski definition) is 5. The van der Waals surface area contributed by atoms with Gasteiger partial charge in [-0.25, -0.2) is 13.8 Å². The quantitative estimate of drug-likeness (QED) is 0.368. The zero-order valence-corrected chi connectivity index (χ0v) is 17.0. The molecule has 0 saturated carbocycles. The number of nitrogens with zero attached hydrogens (tertiary/aromatic N) is 3. The summed E-state index contributed by atoms with van der Waals surface area (Å²) in [5.41, 5.74) is 0.950. The van der Waals surface area contributed by atoms with Crippen molar-refractivity contribution in [3.63, 3.8) is 0 Å². The van der Waals surface area contributed by atoms with Crippen LogP contribution in [0.25, 0.3) is 10.2 Å². The summed E-state index contributed by atoms with van der Waals surface area (Å²) in [5.74, 6) is -1.95. The molecule has 0 atom stereocenters. The average Bonchev–Trinajstić information content (AvgIpc) is 3.22. The maximum absolute atomic E-state index is 14.1. The fourth-order valence-electron chi connectivity index (χ4n) is 2.59. The number of hydrogen-bond donors (Lipinski definition) is 0. The number of halogens is 4. The van der Waals surface area contributed by atoms with Crippen LogP contribution in [0.5, 0.6) is 0 Å². The standard InChI is InChI=1S/C18H9Cl2F2N3OS2/c19-14-6-11(16(20)28-14)17(26)25(8-9-2-1-3-23-7-9)18-24-15-12(22)4-10(21)5-13(15)27-18/h1-7H,8H2. The number of amides is 1. The highest BCUT2D eigenvalue weighted by Gasteiger charge is 2.26. The molecule has 0 aliphatic heterocycles. The van der Waals surface area contributed by atoms with Crippen LogP contribution in [0.4, 0.5) is 13.9 Å². The second-order valence-corrected chi connectivity index (χ2v) is 9.02. The Morgan fingerprint density at radius 2 is 2.00 bits per heavy atom. The molecule has 0 N–H and O–H groups in total. The van der Waals surface area contributed by atoms with Gasteiger partial charge in [-0.15, -0.1) is 11.3 Å². The lowest BCUT2D eigenvalue weighted by atomic mass is 10.2. The van der Waals surface area contributed by atoms with E-state index in [0.717, 1.165) is 34.3 Å². The lowest BCUT2D eigenvalue weighted by Crippen LogP contribution is -2.30. The minimum atomic E-state index is -0.789. The number of fused-ring (bicyclic) bond motifs is 1. The monoisotopic (exact) mass is 455 g/mol. The van der Waals surface area contributed by atoms with Crippen LogP contribution < -0.4 is 4.90 Å². The predicted octanol–water partition coefficient (Wildman–Crippen LogP) is 6.18. The van der Waals surface area contributed by atoms with Gasteiger partial charge < -0.3 is 0 Å². The van der Waals surface area contributed by atoms with Crippen LogP contribution in [-0.4, -0.2) is 15.9 Å². The molecule has 0 aliphatic carbocycles. The SMILES string of the molecule is O=C(c1cc(Cl)sc1Cl)N(Cc1cccnc1)c1nc2c(F)cc(F)cc2s1. The number of benzene rings is 1. The van der Waals surface area contributed by atoms with Crippen molar-refractivity contribution < 1.29 is 13.6 Å². The van der Waals surface area contributed by atoms with Gasteiger partial charge in [0, 0.05) is 18.5 Å². The number of carbonyl (C=O) groups excluding carboxylic acids is 1. The molecule has 0 spiro atoms. The maximum Gasteiger partial charge on any atom is 0.262 e. The molecule has 142 valence electrons. The number of thiophene rings is 1. The summed E-state index contributed by atoms with van der Waals surface area (Å²) in [6.45, 7) is 0.125. The van der Waals surface area contributed by atoms with Crippen LogP contribution in [0, 0.1) is 11.6 Å². The molecule has 1 amide bonds. The highest BCUT2D eigenvalue weighted by Crippen LogP contribution is 2.36. The minimum Gasteiger partial charge on any atom is -0.279 e. The molecular formula is C18H9Cl2F2N3OS2. The third kappa shape index (κ3) is 3.73. The summed E-state index contributed by atoms with van der Waals surface area (Å²) in [5, 5.41) is 0.215. The van der Waals surface area contributed by atoms with Crippen LogP contribution in [0.1, 0.15) is 15.9 Å². The molecule has 4 aromatic rings. The maximum atomic E-state index is 14.1. The van der Waals surface area contributed by atoms with Gasteiger partial charge in [0.15, 0.2) is 10.9 Å². The van der Waals surface area contributed by atoms with E-state index in [1.165, 1.54) is 17.0 Å². The van der Waals surface area contributed by atoms with E-state index in [1.807, 2.05) is 0 Å². The number of anilines is 1. The van der Waals surface area contributed by atoms with Crippen molar-refractivity contribution in [1.82, 2.24) is 9.97 Å². The molecule has 0 unspecified atom stereocenters. The van der Waals surface area contributed by atoms with Crippen LogP contribution in [0.15, 0.2) is 42.7 Å². The normalized spacial score (nSPS) is 11.1. The second-order valence-electron chi connectivity index (χ2n) is 5.72. The topological polar surface area (TPSA) is 46.1 Å². The molecule has 0 aliphatic rings. The molecule has 0 saturated heterocycles. The molecule has 0 fully saturated rings. The van der Waals surface area contributed by atoms with Crippen LogP contribution in [0.3, 0.4) is 0 Å². The molecule has 4 rings (SSSR count). The van der Waals surface area contributed by atoms with Gasteiger partial charge in [0.25, 0.3) is 5.91 Å². The van der Waals surface area contributed by atoms with Crippen molar-refractivity contribution in [3.05, 3.63) is 74.2 Å². The summed E-state index contributed by atoms with van der Waals surface area (Å²) < 4.78 is 28.6. The van der Waals surface area contributed by atoms with Gasteiger partial charge in [0.1, 0.15) is 15.7 Å². The Bertz CT molecular complexity index is 1180. The van der Waals surface area contributed by atoms with Crippen molar-refractivity contribution in [2.24, 2.45) is 0 Å². The van der Waals surface area contributed by atoms with E-state index in [0.29, 0.717) is 9.04 Å². The van der Waals surface area contributed by atoms with E-state index in [1.54, 1.807) is 24.5 Å². The van der Waals surface area contributed by atoms with E-state index >= 15 is 0 Å². The summed E-state index contributed by atoms with van der Waals surface area (Å²) in [7, 11) is 0. The Labute approximate surface area is 176 Å². The summed E-state index contributed by atoms with van der Waals surface area (Å²) in [6, 6.07) is 6.94. The number of carbonyl (C=O) groups is 1. The number of aromatic nitrogens is 2. The molecule has 0 bridgehead atoms. The largest absolute Gasteiger partial charge is 0.279 e. The lowest BCUT2D eigenvalue weighted by Gasteiger charge is -2.19. The van der Waals surface area contributed by atoms with Crippen molar-refractivity contribution in [3.8, 4) is 0 Å². The van der Waals surface area contributed by atoms with Gasteiger partial charge in [-0.05, 0) is 23.8 Å². The van der Waals surface area contributed by atoms with E-state index in [-0.39, 0.29) is 27.1 Å². The van der Waals surface area contributed by atoms with Crippen molar-refractivity contribution in [2.75, 3.05) is 4.90 Å². The highest BCUT2D eigenvalue weighted by molar-refractivity contribution is 7.22. The van der Waals surface area contributed by atoms with Crippen LogP contribution in [-0.2, 0) is 6.54 Å².